The van der Waals surface area contributed by atoms with Gasteiger partial charge in [-0.1, -0.05) is 18.2 Å². The third-order valence-corrected chi connectivity index (χ3v) is 3.79. The number of benzene rings is 2. The molecule has 0 aliphatic carbocycles. The maximum absolute atomic E-state index is 12.1. The highest BCUT2D eigenvalue weighted by Crippen LogP contribution is 2.21. The molecule has 1 aliphatic rings. The third kappa shape index (κ3) is 4.42. The fourth-order valence-corrected chi connectivity index (χ4v) is 2.51. The first kappa shape index (κ1) is 15.3. The number of hydrazone groups is 1. The molecule has 4 heteroatoms. The number of nitrogens with zero attached hydrogens (tertiary/aromatic N) is 2. The SMILES string of the molecule is O=C(C=NN1CCCCC1)c1ccc(Oc2ccccc2)cc1. The Kier molecular flexibility index (Phi) is 5.04. The number of ether oxygens (including phenoxy) is 1. The van der Waals surface area contributed by atoms with E-state index < -0.39 is 0 Å². The number of hydrogen-bond acceptors (Lipinski definition) is 4. The molecular weight excluding hydrogens is 288 g/mol. The largest absolute Gasteiger partial charge is 0.457 e. The summed E-state index contributed by atoms with van der Waals surface area (Å²) >= 11 is 0. The van der Waals surface area contributed by atoms with E-state index in [4.69, 9.17) is 4.74 Å². The van der Waals surface area contributed by atoms with Crippen LogP contribution in [0.4, 0.5) is 0 Å². The van der Waals surface area contributed by atoms with Gasteiger partial charge in [0.1, 0.15) is 11.5 Å². The first-order valence-electron chi connectivity index (χ1n) is 7.97. The average Bonchev–Trinajstić information content (AvgIpc) is 2.62. The van der Waals surface area contributed by atoms with Crippen LogP contribution in [0.5, 0.6) is 11.5 Å². The van der Waals surface area contributed by atoms with Crippen LogP contribution in [0.25, 0.3) is 0 Å². The average molecular weight is 308 g/mol. The van der Waals surface area contributed by atoms with Crippen LogP contribution in [0.1, 0.15) is 29.6 Å². The molecule has 118 valence electrons. The van der Waals surface area contributed by atoms with Gasteiger partial charge in [0.15, 0.2) is 0 Å². The fourth-order valence-electron chi connectivity index (χ4n) is 2.51. The molecule has 0 bridgehead atoms. The lowest BCUT2D eigenvalue weighted by atomic mass is 10.1. The molecule has 1 heterocycles. The minimum atomic E-state index is -0.0816. The van der Waals surface area contributed by atoms with Gasteiger partial charge in [-0.3, -0.25) is 9.80 Å². The normalized spacial score (nSPS) is 14.9. The van der Waals surface area contributed by atoms with Gasteiger partial charge in [-0.05, 0) is 55.7 Å². The number of hydrogen-bond donors (Lipinski definition) is 0. The quantitative estimate of drug-likeness (QED) is 0.616. The van der Waals surface area contributed by atoms with Crippen molar-refractivity contribution in [3.05, 3.63) is 60.2 Å². The van der Waals surface area contributed by atoms with Crippen molar-refractivity contribution in [3.63, 3.8) is 0 Å². The number of carbonyl (C=O) groups excluding carboxylic acids is 1. The van der Waals surface area contributed by atoms with E-state index in [1.807, 2.05) is 35.3 Å². The number of ketones is 1. The molecule has 1 aliphatic heterocycles. The Bertz CT molecular complexity index is 660. The lowest BCUT2D eigenvalue weighted by Gasteiger charge is -2.22. The van der Waals surface area contributed by atoms with Crippen LogP contribution in [-0.4, -0.2) is 30.1 Å². The van der Waals surface area contributed by atoms with E-state index in [0.717, 1.165) is 31.7 Å². The number of rotatable bonds is 5. The molecule has 1 saturated heterocycles. The van der Waals surface area contributed by atoms with Gasteiger partial charge in [-0.25, -0.2) is 0 Å². The van der Waals surface area contributed by atoms with Crippen LogP contribution in [0, 0.1) is 0 Å². The van der Waals surface area contributed by atoms with E-state index in [2.05, 4.69) is 5.10 Å². The van der Waals surface area contributed by atoms with Gasteiger partial charge in [0, 0.05) is 18.7 Å². The van der Waals surface area contributed by atoms with Gasteiger partial charge < -0.3 is 4.74 Å². The Hall–Kier alpha value is -2.62. The van der Waals surface area contributed by atoms with Crippen LogP contribution >= 0.6 is 0 Å². The van der Waals surface area contributed by atoms with Gasteiger partial charge in [-0.2, -0.15) is 5.10 Å². The molecule has 0 unspecified atom stereocenters. The third-order valence-electron chi connectivity index (χ3n) is 3.79. The van der Waals surface area contributed by atoms with E-state index in [1.165, 1.54) is 12.6 Å². The predicted octanol–water partition coefficient (Wildman–Crippen LogP) is 4.13. The van der Waals surface area contributed by atoms with E-state index in [9.17, 15) is 4.79 Å². The Morgan fingerprint density at radius 3 is 2.26 bits per heavy atom. The summed E-state index contributed by atoms with van der Waals surface area (Å²) in [6.45, 7) is 1.88. The lowest BCUT2D eigenvalue weighted by molar-refractivity contribution is 0.106. The fraction of sp³-hybridized carbons (Fsp3) is 0.263. The molecule has 0 spiro atoms. The molecule has 0 atom stereocenters. The first-order chi connectivity index (χ1) is 11.3. The Labute approximate surface area is 136 Å². The predicted molar refractivity (Wildman–Crippen MR) is 91.2 cm³/mol. The lowest BCUT2D eigenvalue weighted by Crippen LogP contribution is -2.25. The van der Waals surface area contributed by atoms with Gasteiger partial charge in [0.25, 0.3) is 0 Å². The van der Waals surface area contributed by atoms with E-state index in [1.54, 1.807) is 24.3 Å². The molecule has 0 aromatic heterocycles. The summed E-state index contributed by atoms with van der Waals surface area (Å²) in [5.41, 5.74) is 0.617. The highest BCUT2D eigenvalue weighted by Gasteiger charge is 2.08. The summed E-state index contributed by atoms with van der Waals surface area (Å²) in [5, 5.41) is 6.24. The summed E-state index contributed by atoms with van der Waals surface area (Å²) < 4.78 is 5.72. The monoisotopic (exact) mass is 308 g/mol. The van der Waals surface area contributed by atoms with Crippen LogP contribution in [-0.2, 0) is 0 Å². The summed E-state index contributed by atoms with van der Waals surface area (Å²) in [7, 11) is 0. The van der Waals surface area contributed by atoms with E-state index in [-0.39, 0.29) is 5.78 Å². The standard InChI is InChI=1S/C19H20N2O2/c22-19(15-20-21-13-5-2-6-14-21)16-9-11-18(12-10-16)23-17-7-3-1-4-8-17/h1,3-4,7-12,15H,2,5-6,13-14H2. The van der Waals surface area contributed by atoms with Gasteiger partial charge in [0.2, 0.25) is 5.78 Å². The zero-order chi connectivity index (χ0) is 15.9. The Morgan fingerprint density at radius 2 is 1.57 bits per heavy atom. The summed E-state index contributed by atoms with van der Waals surface area (Å²) in [5.74, 6) is 1.40. The number of carbonyl (C=O) groups is 1. The summed E-state index contributed by atoms with van der Waals surface area (Å²) in [6, 6.07) is 16.7. The van der Waals surface area contributed by atoms with Crippen molar-refractivity contribution >= 4 is 12.0 Å². The van der Waals surface area contributed by atoms with Crippen molar-refractivity contribution in [2.75, 3.05) is 13.1 Å². The van der Waals surface area contributed by atoms with Crippen molar-refractivity contribution < 1.29 is 9.53 Å². The molecule has 0 saturated carbocycles. The number of Topliss-reactive ketones (excluding diaryl/α,β-unsaturated/α-hetero) is 1. The van der Waals surface area contributed by atoms with Crippen LogP contribution in [0.3, 0.4) is 0 Å². The maximum Gasteiger partial charge on any atom is 0.205 e. The Morgan fingerprint density at radius 1 is 0.913 bits per heavy atom. The van der Waals surface area contributed by atoms with Crippen LogP contribution in [0.2, 0.25) is 0 Å². The van der Waals surface area contributed by atoms with Crippen molar-refractivity contribution in [3.8, 4) is 11.5 Å². The molecule has 1 fully saturated rings. The molecule has 0 radical (unpaired) electrons. The van der Waals surface area contributed by atoms with Crippen LogP contribution < -0.4 is 4.74 Å². The van der Waals surface area contributed by atoms with Crippen molar-refractivity contribution in [1.82, 2.24) is 5.01 Å². The first-order valence-corrected chi connectivity index (χ1v) is 7.97. The molecule has 23 heavy (non-hydrogen) atoms. The van der Waals surface area contributed by atoms with E-state index >= 15 is 0 Å². The van der Waals surface area contributed by atoms with Crippen molar-refractivity contribution in [2.24, 2.45) is 5.10 Å². The minimum absolute atomic E-state index is 0.0816. The van der Waals surface area contributed by atoms with E-state index in [0.29, 0.717) is 11.3 Å². The van der Waals surface area contributed by atoms with Crippen molar-refractivity contribution in [1.29, 1.82) is 0 Å². The van der Waals surface area contributed by atoms with Gasteiger partial charge in [0.05, 0.1) is 6.21 Å². The zero-order valence-corrected chi connectivity index (χ0v) is 13.0. The number of para-hydroxylation sites is 1. The molecule has 0 amide bonds. The molecule has 0 N–H and O–H groups in total. The zero-order valence-electron chi connectivity index (χ0n) is 13.0. The minimum Gasteiger partial charge on any atom is -0.457 e. The highest BCUT2D eigenvalue weighted by molar-refractivity contribution is 6.35. The van der Waals surface area contributed by atoms with Gasteiger partial charge >= 0.3 is 0 Å². The molecule has 4 nitrogen and oxygen atoms in total. The summed E-state index contributed by atoms with van der Waals surface area (Å²) in [4.78, 5) is 12.1. The maximum atomic E-state index is 12.1. The second-order valence-corrected chi connectivity index (χ2v) is 5.56. The topological polar surface area (TPSA) is 41.9 Å². The molecule has 2 aromatic carbocycles. The second kappa shape index (κ2) is 7.58. The van der Waals surface area contributed by atoms with Crippen molar-refractivity contribution in [2.45, 2.75) is 19.3 Å². The smallest absolute Gasteiger partial charge is 0.205 e. The summed E-state index contributed by atoms with van der Waals surface area (Å²) in [6.07, 6.45) is 4.97. The highest BCUT2D eigenvalue weighted by atomic mass is 16.5. The number of piperidine rings is 1. The molecule has 3 rings (SSSR count). The molecular formula is C19H20N2O2. The molecule has 2 aromatic rings. The van der Waals surface area contributed by atoms with Gasteiger partial charge in [-0.15, -0.1) is 0 Å². The second-order valence-electron chi connectivity index (χ2n) is 5.56. The van der Waals surface area contributed by atoms with Crippen LogP contribution in [0.15, 0.2) is 59.7 Å². The Balaban J connectivity index is 1.60.